The van der Waals surface area contributed by atoms with Crippen LogP contribution in [0.5, 0.6) is 0 Å². The molecule has 50 valence electrons. The second-order valence-electron chi connectivity index (χ2n) is 2.26. The van der Waals surface area contributed by atoms with Crippen molar-refractivity contribution in [3.8, 4) is 0 Å². The molecular weight excluding hydrogens is 152 g/mol. The van der Waals surface area contributed by atoms with Crippen molar-refractivity contribution in [3.05, 3.63) is 23.1 Å². The molecule has 2 heteroatoms. The predicted molar refractivity (Wildman–Crippen MR) is 44.4 cm³/mol. The summed E-state index contributed by atoms with van der Waals surface area (Å²) < 4.78 is 0. The Morgan fingerprint density at radius 3 is 3.00 bits per heavy atom. The fourth-order valence-corrected chi connectivity index (χ4v) is 1.40. The Balaban J connectivity index is 2.52. The SMILES string of the molecule is CC1C=CC(SCl)=CC1. The van der Waals surface area contributed by atoms with Crippen LogP contribution in [0.3, 0.4) is 0 Å². The van der Waals surface area contributed by atoms with Crippen LogP contribution in [0, 0.1) is 5.92 Å². The van der Waals surface area contributed by atoms with Gasteiger partial charge in [-0.1, -0.05) is 25.2 Å². The maximum atomic E-state index is 5.53. The van der Waals surface area contributed by atoms with Gasteiger partial charge in [0.2, 0.25) is 0 Å². The molecule has 0 spiro atoms. The first kappa shape index (κ1) is 7.23. The quantitative estimate of drug-likeness (QED) is 0.567. The first-order valence-corrected chi connectivity index (χ1v) is 4.64. The Bertz CT molecular complexity index is 149. The minimum atomic E-state index is 0.692. The molecule has 0 aromatic carbocycles. The molecule has 0 saturated carbocycles. The second kappa shape index (κ2) is 3.33. The van der Waals surface area contributed by atoms with E-state index < -0.39 is 0 Å². The summed E-state index contributed by atoms with van der Waals surface area (Å²) in [5.41, 5.74) is 0. The molecule has 9 heavy (non-hydrogen) atoms. The molecule has 0 amide bonds. The van der Waals surface area contributed by atoms with Crippen LogP contribution < -0.4 is 0 Å². The van der Waals surface area contributed by atoms with Crippen molar-refractivity contribution in [2.75, 3.05) is 0 Å². The smallest absolute Gasteiger partial charge is 0.0190 e. The van der Waals surface area contributed by atoms with Gasteiger partial charge in [0.1, 0.15) is 0 Å². The summed E-state index contributed by atoms with van der Waals surface area (Å²) in [5, 5.41) is 0. The molecule has 0 aromatic rings. The van der Waals surface area contributed by atoms with Crippen LogP contribution in [-0.2, 0) is 0 Å². The van der Waals surface area contributed by atoms with Crippen LogP contribution in [-0.4, -0.2) is 0 Å². The molecule has 0 aliphatic heterocycles. The van der Waals surface area contributed by atoms with Gasteiger partial charge < -0.3 is 0 Å². The number of halogens is 1. The number of hydrogen-bond donors (Lipinski definition) is 0. The molecule has 0 saturated heterocycles. The number of allylic oxidation sites excluding steroid dienone is 3. The van der Waals surface area contributed by atoms with E-state index in [1.165, 1.54) is 15.9 Å². The molecule has 1 aliphatic carbocycles. The van der Waals surface area contributed by atoms with Gasteiger partial charge in [0.05, 0.1) is 0 Å². The molecule has 0 fully saturated rings. The van der Waals surface area contributed by atoms with Crippen molar-refractivity contribution in [2.45, 2.75) is 13.3 Å². The zero-order valence-electron chi connectivity index (χ0n) is 5.30. The van der Waals surface area contributed by atoms with Gasteiger partial charge in [0.15, 0.2) is 0 Å². The van der Waals surface area contributed by atoms with E-state index >= 15 is 0 Å². The molecule has 1 atom stereocenters. The summed E-state index contributed by atoms with van der Waals surface area (Å²) in [7, 11) is 6.82. The summed E-state index contributed by atoms with van der Waals surface area (Å²) >= 11 is 0. The van der Waals surface area contributed by atoms with Gasteiger partial charge in [0, 0.05) is 4.91 Å². The zero-order valence-corrected chi connectivity index (χ0v) is 6.88. The van der Waals surface area contributed by atoms with Crippen LogP contribution in [0.25, 0.3) is 0 Å². The lowest BCUT2D eigenvalue weighted by Gasteiger charge is -2.07. The fraction of sp³-hybridized carbons (Fsp3) is 0.429. The van der Waals surface area contributed by atoms with Gasteiger partial charge in [-0.15, -0.1) is 0 Å². The molecule has 0 bridgehead atoms. The Kier molecular flexibility index (Phi) is 2.67. The van der Waals surface area contributed by atoms with Crippen molar-refractivity contribution in [1.82, 2.24) is 0 Å². The Morgan fingerprint density at radius 2 is 2.56 bits per heavy atom. The van der Waals surface area contributed by atoms with E-state index in [-0.39, 0.29) is 0 Å². The van der Waals surface area contributed by atoms with E-state index in [0.29, 0.717) is 5.92 Å². The van der Waals surface area contributed by atoms with Crippen LogP contribution in [0.2, 0.25) is 0 Å². The van der Waals surface area contributed by atoms with Crippen LogP contribution in [0.1, 0.15) is 13.3 Å². The standard InChI is InChI=1S/C7H9ClS/c1-6-2-4-7(9-8)5-3-6/h2,4-6H,3H2,1H3. The lowest BCUT2D eigenvalue weighted by atomic mass is 10.0. The van der Waals surface area contributed by atoms with Crippen LogP contribution >= 0.6 is 21.7 Å². The number of rotatable bonds is 1. The van der Waals surface area contributed by atoms with Crippen molar-refractivity contribution < 1.29 is 0 Å². The van der Waals surface area contributed by atoms with Gasteiger partial charge in [-0.3, -0.25) is 0 Å². The van der Waals surface area contributed by atoms with E-state index in [2.05, 4.69) is 25.2 Å². The molecule has 0 nitrogen and oxygen atoms in total. The highest BCUT2D eigenvalue weighted by molar-refractivity contribution is 8.24. The van der Waals surface area contributed by atoms with E-state index in [0.717, 1.165) is 6.42 Å². The van der Waals surface area contributed by atoms with Gasteiger partial charge in [-0.2, -0.15) is 0 Å². The summed E-state index contributed by atoms with van der Waals surface area (Å²) in [6.45, 7) is 2.20. The molecule has 1 aliphatic rings. The molecule has 1 rings (SSSR count). The zero-order chi connectivity index (χ0) is 6.69. The second-order valence-corrected chi connectivity index (χ2v) is 3.34. The minimum absolute atomic E-state index is 0.692. The van der Waals surface area contributed by atoms with Crippen molar-refractivity contribution in [1.29, 1.82) is 0 Å². The largest absolute Gasteiger partial charge is 0.0802 e. The summed E-state index contributed by atoms with van der Waals surface area (Å²) in [6, 6.07) is 0. The third-order valence-corrected chi connectivity index (χ3v) is 2.38. The van der Waals surface area contributed by atoms with Crippen molar-refractivity contribution in [2.24, 2.45) is 5.92 Å². The lowest BCUT2D eigenvalue weighted by Crippen LogP contribution is -1.90. The molecule has 0 aromatic heterocycles. The van der Waals surface area contributed by atoms with E-state index in [9.17, 15) is 0 Å². The summed E-state index contributed by atoms with van der Waals surface area (Å²) in [6.07, 6.45) is 7.56. The molecule has 1 unspecified atom stereocenters. The van der Waals surface area contributed by atoms with Crippen LogP contribution in [0.4, 0.5) is 0 Å². The van der Waals surface area contributed by atoms with Gasteiger partial charge in [-0.05, 0) is 34.0 Å². The number of hydrogen-bond acceptors (Lipinski definition) is 1. The maximum absolute atomic E-state index is 5.53. The average Bonchev–Trinajstić information content (AvgIpc) is 1.90. The lowest BCUT2D eigenvalue weighted by molar-refractivity contribution is 0.735. The first-order valence-electron chi connectivity index (χ1n) is 3.00. The third-order valence-electron chi connectivity index (χ3n) is 1.37. The normalized spacial score (nSPS) is 26.0. The molecule has 0 radical (unpaired) electrons. The Hall–Kier alpha value is 0.120. The highest BCUT2D eigenvalue weighted by atomic mass is 35.7. The van der Waals surface area contributed by atoms with Gasteiger partial charge in [0.25, 0.3) is 0 Å². The topological polar surface area (TPSA) is 0 Å². The average molecular weight is 161 g/mol. The van der Waals surface area contributed by atoms with Gasteiger partial charge >= 0.3 is 0 Å². The van der Waals surface area contributed by atoms with Crippen molar-refractivity contribution >= 4 is 21.7 Å². The molecule has 0 N–H and O–H groups in total. The third kappa shape index (κ3) is 2.07. The summed E-state index contributed by atoms with van der Waals surface area (Å²) in [5.74, 6) is 0.692. The highest BCUT2D eigenvalue weighted by Gasteiger charge is 2.01. The maximum Gasteiger partial charge on any atom is 0.0190 e. The fourth-order valence-electron chi connectivity index (χ4n) is 0.765. The van der Waals surface area contributed by atoms with E-state index in [1.807, 2.05) is 0 Å². The van der Waals surface area contributed by atoms with Gasteiger partial charge in [-0.25, -0.2) is 0 Å². The molecule has 0 heterocycles. The molecular formula is C7H9ClS. The predicted octanol–water partition coefficient (Wildman–Crippen LogP) is 3.35. The first-order chi connectivity index (χ1) is 4.33. The Labute approximate surface area is 64.5 Å². The Morgan fingerprint density at radius 1 is 1.78 bits per heavy atom. The monoisotopic (exact) mass is 160 g/mol. The summed E-state index contributed by atoms with van der Waals surface area (Å²) in [4.78, 5) is 1.18. The highest BCUT2D eigenvalue weighted by Crippen LogP contribution is 2.26. The van der Waals surface area contributed by atoms with Crippen LogP contribution in [0.15, 0.2) is 23.1 Å². The van der Waals surface area contributed by atoms with E-state index in [4.69, 9.17) is 10.7 Å². The minimum Gasteiger partial charge on any atom is -0.0802 e. The van der Waals surface area contributed by atoms with E-state index in [1.54, 1.807) is 0 Å². The van der Waals surface area contributed by atoms with Crippen molar-refractivity contribution in [3.63, 3.8) is 0 Å².